The van der Waals surface area contributed by atoms with Gasteiger partial charge in [0.1, 0.15) is 5.75 Å². The van der Waals surface area contributed by atoms with Gasteiger partial charge in [0.25, 0.3) is 0 Å². The molecule has 2 rings (SSSR count). The molecule has 0 amide bonds. The van der Waals surface area contributed by atoms with Crippen molar-refractivity contribution in [2.75, 3.05) is 11.9 Å². The van der Waals surface area contributed by atoms with Gasteiger partial charge in [0.05, 0.1) is 0 Å². The van der Waals surface area contributed by atoms with Gasteiger partial charge in [-0.25, -0.2) is 4.98 Å². The summed E-state index contributed by atoms with van der Waals surface area (Å²) in [6.45, 7) is 0.941. The summed E-state index contributed by atoms with van der Waals surface area (Å²) in [5.41, 5.74) is 0.493. The van der Waals surface area contributed by atoms with Gasteiger partial charge in [-0.1, -0.05) is 18.2 Å². The number of hydrogen-bond donors (Lipinski definition) is 5. The molecular weight excluding hydrogens is 372 g/mol. The summed E-state index contributed by atoms with van der Waals surface area (Å²) in [6, 6.07) is 10.3. The van der Waals surface area contributed by atoms with Crippen LogP contribution in [0.4, 0.5) is 5.95 Å². The highest BCUT2D eigenvalue weighted by Crippen LogP contribution is 2.59. The van der Waals surface area contributed by atoms with Gasteiger partial charge >= 0.3 is 15.2 Å². The highest BCUT2D eigenvalue weighted by Gasteiger charge is 2.43. The second-order valence-corrected chi connectivity index (χ2v) is 9.14. The van der Waals surface area contributed by atoms with Crippen molar-refractivity contribution in [2.45, 2.75) is 12.3 Å². The number of hydrogen-bond acceptors (Lipinski definition) is 6. The van der Waals surface area contributed by atoms with E-state index in [1.165, 1.54) is 0 Å². The zero-order valence-electron chi connectivity index (χ0n) is 13.1. The SMILES string of the molecule is Cc1cc(Oc2ccccc2)nc(NCC(P(=O)(O)O)P(=O)(O)O)n1. The van der Waals surface area contributed by atoms with Gasteiger partial charge in [-0.3, -0.25) is 9.13 Å². The molecule has 25 heavy (non-hydrogen) atoms. The van der Waals surface area contributed by atoms with E-state index in [0.717, 1.165) is 0 Å². The van der Waals surface area contributed by atoms with Gasteiger partial charge < -0.3 is 29.6 Å². The summed E-state index contributed by atoms with van der Waals surface area (Å²) in [5, 5.41) is 0.246. The molecule has 12 heteroatoms. The van der Waals surface area contributed by atoms with Crippen LogP contribution in [0.1, 0.15) is 5.69 Å². The first-order chi connectivity index (χ1) is 11.6. The van der Waals surface area contributed by atoms with Crippen LogP contribution in [0.2, 0.25) is 0 Å². The average molecular weight is 389 g/mol. The number of nitrogens with zero attached hydrogens (tertiary/aromatic N) is 2. The molecule has 0 aliphatic rings. The van der Waals surface area contributed by atoms with Crippen molar-refractivity contribution in [2.24, 2.45) is 0 Å². The van der Waals surface area contributed by atoms with Crippen molar-refractivity contribution >= 4 is 21.1 Å². The average Bonchev–Trinajstić information content (AvgIpc) is 2.45. The minimum Gasteiger partial charge on any atom is -0.439 e. The van der Waals surface area contributed by atoms with Crippen LogP contribution >= 0.6 is 15.2 Å². The van der Waals surface area contributed by atoms with E-state index >= 15 is 0 Å². The Balaban J connectivity index is 2.17. The number of anilines is 1. The lowest BCUT2D eigenvalue weighted by molar-refractivity contribution is 0.340. The zero-order valence-corrected chi connectivity index (χ0v) is 14.8. The van der Waals surface area contributed by atoms with Crippen LogP contribution in [-0.4, -0.2) is 41.5 Å². The van der Waals surface area contributed by atoms with E-state index in [-0.39, 0.29) is 11.8 Å². The fourth-order valence-electron chi connectivity index (χ4n) is 1.90. The van der Waals surface area contributed by atoms with Gasteiger partial charge in [-0.05, 0) is 19.1 Å². The molecule has 1 aromatic heterocycles. The van der Waals surface area contributed by atoms with Crippen LogP contribution in [-0.2, 0) is 9.13 Å². The van der Waals surface area contributed by atoms with E-state index in [9.17, 15) is 9.13 Å². The molecule has 10 nitrogen and oxygen atoms in total. The summed E-state index contributed by atoms with van der Waals surface area (Å²) in [7, 11) is -10.1. The molecular formula is C13H17N3O7P2. The molecule has 0 radical (unpaired) electrons. The van der Waals surface area contributed by atoms with Crippen molar-refractivity contribution in [3.63, 3.8) is 0 Å². The molecule has 0 atom stereocenters. The number of rotatable bonds is 7. The summed E-state index contributed by atoms with van der Waals surface area (Å²) < 4.78 is 28.1. The Morgan fingerprint density at radius 2 is 1.68 bits per heavy atom. The highest BCUT2D eigenvalue weighted by molar-refractivity contribution is 7.70. The van der Waals surface area contributed by atoms with E-state index in [1.54, 1.807) is 37.3 Å². The van der Waals surface area contributed by atoms with Crippen molar-refractivity contribution in [3.8, 4) is 11.6 Å². The summed E-state index contributed by atoms with van der Waals surface area (Å²) in [4.78, 5) is 44.5. The Morgan fingerprint density at radius 3 is 2.24 bits per heavy atom. The minimum atomic E-state index is -5.03. The Labute approximate surface area is 143 Å². The van der Waals surface area contributed by atoms with Crippen LogP contribution in [0.15, 0.2) is 36.4 Å². The zero-order chi connectivity index (χ0) is 18.7. The summed E-state index contributed by atoms with van der Waals surface area (Å²) in [6.07, 6.45) is 0. The number of ether oxygens (including phenoxy) is 1. The monoisotopic (exact) mass is 389 g/mol. The van der Waals surface area contributed by atoms with Crippen LogP contribution in [0.25, 0.3) is 0 Å². The molecule has 0 spiro atoms. The molecule has 0 aliphatic heterocycles. The normalized spacial score (nSPS) is 12.2. The second kappa shape index (κ2) is 7.61. The predicted molar refractivity (Wildman–Crippen MR) is 89.7 cm³/mol. The molecule has 0 unspecified atom stereocenters. The van der Waals surface area contributed by atoms with E-state index in [0.29, 0.717) is 11.4 Å². The molecule has 0 saturated carbocycles. The van der Waals surface area contributed by atoms with Crippen LogP contribution < -0.4 is 10.1 Å². The Hall–Kier alpha value is -1.80. The first-order valence-electron chi connectivity index (χ1n) is 6.98. The van der Waals surface area contributed by atoms with Gasteiger partial charge in [0.15, 0.2) is 5.40 Å². The van der Waals surface area contributed by atoms with Crippen molar-refractivity contribution in [1.82, 2.24) is 9.97 Å². The first-order valence-corrected chi connectivity index (χ1v) is 10.3. The lowest BCUT2D eigenvalue weighted by Gasteiger charge is -2.20. The predicted octanol–water partition coefficient (Wildman–Crippen LogP) is 1.67. The Kier molecular flexibility index (Phi) is 5.95. The van der Waals surface area contributed by atoms with E-state index < -0.39 is 27.1 Å². The number of aromatic nitrogens is 2. The van der Waals surface area contributed by atoms with Crippen LogP contribution in [0, 0.1) is 6.92 Å². The molecule has 1 heterocycles. The van der Waals surface area contributed by atoms with Crippen molar-refractivity contribution < 1.29 is 33.4 Å². The third-order valence-corrected chi connectivity index (χ3v) is 6.74. The van der Waals surface area contributed by atoms with E-state index in [1.807, 2.05) is 6.07 Å². The fourth-order valence-corrected chi connectivity index (χ4v) is 4.12. The summed E-state index contributed by atoms with van der Waals surface area (Å²) >= 11 is 0. The molecule has 2 aromatic rings. The summed E-state index contributed by atoms with van der Waals surface area (Å²) in [5.74, 6) is 0.623. The fraction of sp³-hybridized carbons (Fsp3) is 0.231. The smallest absolute Gasteiger partial charge is 0.342 e. The van der Waals surface area contributed by atoms with Crippen molar-refractivity contribution in [1.29, 1.82) is 0 Å². The van der Waals surface area contributed by atoms with Gasteiger partial charge in [-0.15, -0.1) is 0 Å². The van der Waals surface area contributed by atoms with Crippen LogP contribution in [0.5, 0.6) is 11.6 Å². The number of aryl methyl sites for hydroxylation is 1. The quantitative estimate of drug-likeness (QED) is 0.440. The molecule has 136 valence electrons. The first kappa shape index (κ1) is 19.5. The third kappa shape index (κ3) is 5.89. The Morgan fingerprint density at radius 1 is 1.08 bits per heavy atom. The van der Waals surface area contributed by atoms with Gasteiger partial charge in [-0.2, -0.15) is 4.98 Å². The molecule has 1 aromatic carbocycles. The van der Waals surface area contributed by atoms with Gasteiger partial charge in [0.2, 0.25) is 11.8 Å². The lowest BCUT2D eigenvalue weighted by atomic mass is 10.3. The van der Waals surface area contributed by atoms with Gasteiger partial charge in [0, 0.05) is 18.3 Å². The lowest BCUT2D eigenvalue weighted by Crippen LogP contribution is -2.21. The second-order valence-electron chi connectivity index (χ2n) is 5.13. The molecule has 5 N–H and O–H groups in total. The Bertz CT molecular complexity index is 800. The maximum absolute atomic E-state index is 11.3. The van der Waals surface area contributed by atoms with Crippen molar-refractivity contribution in [3.05, 3.63) is 42.1 Å². The van der Waals surface area contributed by atoms with E-state index in [2.05, 4.69) is 15.3 Å². The third-order valence-electron chi connectivity index (χ3n) is 3.02. The highest BCUT2D eigenvalue weighted by atomic mass is 31.2. The standard InChI is InChI=1S/C13H17N3O7P2/c1-9-7-11(23-10-5-3-2-4-6-10)16-13(15-9)14-8-12(24(17,18)19)25(20,21)22/h2-7,12H,8H2,1H3,(H,14,15,16)(H2,17,18,19)(H2,20,21,22). The largest absolute Gasteiger partial charge is 0.439 e. The topological polar surface area (TPSA) is 162 Å². The van der Waals surface area contributed by atoms with Crippen LogP contribution in [0.3, 0.4) is 0 Å². The maximum Gasteiger partial charge on any atom is 0.342 e. The number of nitrogens with one attached hydrogen (secondary N) is 1. The molecule has 0 aliphatic carbocycles. The molecule has 0 saturated heterocycles. The molecule has 0 fully saturated rings. The number of para-hydroxylation sites is 1. The minimum absolute atomic E-state index is 0.0715. The maximum atomic E-state index is 11.3. The van der Waals surface area contributed by atoms with E-state index in [4.69, 9.17) is 24.3 Å². The molecule has 0 bridgehead atoms. The number of benzene rings is 1.